The highest BCUT2D eigenvalue weighted by Crippen LogP contribution is 2.53. The van der Waals surface area contributed by atoms with Gasteiger partial charge in [-0.15, -0.1) is 0 Å². The van der Waals surface area contributed by atoms with Crippen LogP contribution >= 0.6 is 0 Å². The Labute approximate surface area is 196 Å². The second-order valence-corrected chi connectivity index (χ2v) is 7.40. The van der Waals surface area contributed by atoms with Crippen LogP contribution in [0.4, 0.5) is 17.1 Å². The molecule has 0 radical (unpaired) electrons. The normalized spacial score (nSPS) is 12.6. The molecule has 0 saturated carbocycles. The number of carbonyl (C=O) groups is 1. The first kappa shape index (κ1) is 23.0. The van der Waals surface area contributed by atoms with Gasteiger partial charge in [0.05, 0.1) is 46.2 Å². The van der Waals surface area contributed by atoms with E-state index in [2.05, 4.69) is 0 Å². The minimum atomic E-state index is -0.950. The van der Waals surface area contributed by atoms with E-state index in [1.165, 1.54) is 13.2 Å². The summed E-state index contributed by atoms with van der Waals surface area (Å²) in [7, 11) is 2.56. The molecular formula is C23H15N3O9. The monoisotopic (exact) mass is 477 g/mol. The molecule has 0 spiro atoms. The maximum atomic E-state index is 12.6. The van der Waals surface area contributed by atoms with Crippen molar-refractivity contribution in [2.45, 2.75) is 0 Å². The first-order valence-electron chi connectivity index (χ1n) is 9.90. The summed E-state index contributed by atoms with van der Waals surface area (Å²) in [5.74, 6) is -0.386. The van der Waals surface area contributed by atoms with Gasteiger partial charge >= 0.3 is 5.97 Å². The van der Waals surface area contributed by atoms with Crippen LogP contribution in [0.15, 0.2) is 48.5 Å². The minimum absolute atomic E-state index is 0.0267. The zero-order valence-electron chi connectivity index (χ0n) is 18.2. The number of rotatable bonds is 6. The lowest BCUT2D eigenvalue weighted by Gasteiger charge is -2.08. The molecular weight excluding hydrogens is 462 g/mol. The average molecular weight is 477 g/mol. The molecule has 12 nitrogen and oxygen atoms in total. The van der Waals surface area contributed by atoms with E-state index in [0.29, 0.717) is 11.3 Å². The van der Waals surface area contributed by atoms with Crippen LogP contribution in [-0.4, -0.2) is 35.0 Å². The van der Waals surface area contributed by atoms with Crippen molar-refractivity contribution < 1.29 is 29.0 Å². The summed E-state index contributed by atoms with van der Waals surface area (Å²) in [6.45, 7) is 0. The number of esters is 1. The van der Waals surface area contributed by atoms with E-state index >= 15 is 0 Å². The number of nitrogens with zero attached hydrogens (tertiary/aromatic N) is 3. The number of nitro groups is 3. The number of carbonyl (C=O) groups excluding carboxylic acids is 1. The second kappa shape index (κ2) is 8.67. The number of non-ortho nitro benzene ring substituents is 2. The highest BCUT2D eigenvalue weighted by molar-refractivity contribution is 6.15. The van der Waals surface area contributed by atoms with Gasteiger partial charge in [0.2, 0.25) is 0 Å². The van der Waals surface area contributed by atoms with Crippen LogP contribution in [0.5, 0.6) is 5.75 Å². The maximum absolute atomic E-state index is 12.6. The molecule has 176 valence electrons. The predicted molar refractivity (Wildman–Crippen MR) is 123 cm³/mol. The zero-order chi connectivity index (χ0) is 25.4. The quantitative estimate of drug-likeness (QED) is 0.216. The van der Waals surface area contributed by atoms with Gasteiger partial charge in [0.15, 0.2) is 0 Å². The molecule has 3 aromatic carbocycles. The van der Waals surface area contributed by atoms with Gasteiger partial charge in [0.25, 0.3) is 17.1 Å². The maximum Gasteiger partial charge on any atom is 0.338 e. The SMILES string of the molecule is COC(=O)c1cc([N+](=O)[O-])cc2c1-c1c(cc([N+](=O)[O-])cc1[N+](=O)[O-])C2=Cc1ccc(OC)cc1. The minimum Gasteiger partial charge on any atom is -0.497 e. The van der Waals surface area contributed by atoms with E-state index in [4.69, 9.17) is 9.47 Å². The van der Waals surface area contributed by atoms with Crippen molar-refractivity contribution in [1.29, 1.82) is 0 Å². The van der Waals surface area contributed by atoms with Gasteiger partial charge in [-0.3, -0.25) is 30.3 Å². The highest BCUT2D eigenvalue weighted by atomic mass is 16.6. The van der Waals surface area contributed by atoms with E-state index in [0.717, 1.165) is 25.3 Å². The standard InChI is InChI=1S/C23H15N3O9/c1-34-15-5-3-12(4-6-15)7-16-17-8-13(24(28)29)10-19(23(27)35-2)21(17)22-18(16)9-14(25(30)31)11-20(22)26(32)33/h3-11H,1-2H3. The molecule has 1 aliphatic carbocycles. The van der Waals surface area contributed by atoms with Gasteiger partial charge in [-0.25, -0.2) is 4.79 Å². The Hall–Kier alpha value is -5.13. The van der Waals surface area contributed by atoms with Crippen molar-refractivity contribution >= 4 is 34.7 Å². The Bertz CT molecular complexity index is 1460. The van der Waals surface area contributed by atoms with Gasteiger partial charge < -0.3 is 9.47 Å². The van der Waals surface area contributed by atoms with Gasteiger partial charge in [-0.05, 0) is 34.9 Å². The molecule has 0 bridgehead atoms. The van der Waals surface area contributed by atoms with Gasteiger partial charge in [-0.2, -0.15) is 0 Å². The van der Waals surface area contributed by atoms with Crippen molar-refractivity contribution in [2.75, 3.05) is 14.2 Å². The number of hydrogen-bond donors (Lipinski definition) is 0. The molecule has 0 aliphatic heterocycles. The molecule has 4 rings (SSSR count). The van der Waals surface area contributed by atoms with Crippen LogP contribution in [0.25, 0.3) is 22.8 Å². The van der Waals surface area contributed by atoms with Crippen molar-refractivity contribution in [3.05, 3.63) is 101 Å². The summed E-state index contributed by atoms with van der Waals surface area (Å²) >= 11 is 0. The Morgan fingerprint density at radius 3 is 1.89 bits per heavy atom. The highest BCUT2D eigenvalue weighted by Gasteiger charge is 2.38. The topological polar surface area (TPSA) is 165 Å². The third kappa shape index (κ3) is 3.93. The molecule has 35 heavy (non-hydrogen) atoms. The van der Waals surface area contributed by atoms with E-state index < -0.39 is 37.8 Å². The fraction of sp³-hybridized carbons (Fsp3) is 0.0870. The van der Waals surface area contributed by atoms with Crippen LogP contribution in [0, 0.1) is 30.3 Å². The third-order valence-electron chi connectivity index (χ3n) is 5.51. The number of fused-ring (bicyclic) bond motifs is 3. The molecule has 0 unspecified atom stereocenters. The van der Waals surface area contributed by atoms with Crippen LogP contribution in [0.1, 0.15) is 27.0 Å². The lowest BCUT2D eigenvalue weighted by atomic mass is 9.96. The Morgan fingerprint density at radius 2 is 1.37 bits per heavy atom. The average Bonchev–Trinajstić information content (AvgIpc) is 3.15. The van der Waals surface area contributed by atoms with Crippen molar-refractivity contribution in [1.82, 2.24) is 0 Å². The summed E-state index contributed by atoms with van der Waals surface area (Å²) in [5.41, 5.74) is -0.880. The zero-order valence-corrected chi connectivity index (χ0v) is 18.2. The van der Waals surface area contributed by atoms with E-state index in [9.17, 15) is 35.1 Å². The summed E-state index contributed by atoms with van der Waals surface area (Å²) in [6, 6.07) is 10.7. The first-order valence-corrected chi connectivity index (χ1v) is 9.90. The van der Waals surface area contributed by atoms with Crippen LogP contribution in [0.2, 0.25) is 0 Å². The number of ether oxygens (including phenoxy) is 2. The molecule has 0 N–H and O–H groups in total. The van der Waals surface area contributed by atoms with Gasteiger partial charge in [0, 0.05) is 29.3 Å². The van der Waals surface area contributed by atoms with Crippen molar-refractivity contribution in [2.24, 2.45) is 0 Å². The van der Waals surface area contributed by atoms with E-state index in [1.807, 2.05) is 0 Å². The molecule has 0 fully saturated rings. The predicted octanol–water partition coefficient (Wildman–Crippen LogP) is 4.78. The molecule has 1 aliphatic rings. The number of nitro benzene ring substituents is 3. The van der Waals surface area contributed by atoms with E-state index in [-0.39, 0.29) is 33.4 Å². The van der Waals surface area contributed by atoms with Crippen molar-refractivity contribution in [3.8, 4) is 16.9 Å². The third-order valence-corrected chi connectivity index (χ3v) is 5.51. The van der Waals surface area contributed by atoms with Gasteiger partial charge in [-0.1, -0.05) is 12.1 Å². The number of benzene rings is 3. The Balaban J connectivity index is 2.15. The molecule has 0 saturated heterocycles. The van der Waals surface area contributed by atoms with Crippen molar-refractivity contribution in [3.63, 3.8) is 0 Å². The fourth-order valence-corrected chi connectivity index (χ4v) is 3.99. The molecule has 0 amide bonds. The molecule has 3 aromatic rings. The first-order chi connectivity index (χ1) is 16.7. The smallest absolute Gasteiger partial charge is 0.338 e. The van der Waals surface area contributed by atoms with Crippen LogP contribution < -0.4 is 4.74 Å². The Kier molecular flexibility index (Phi) is 5.71. The van der Waals surface area contributed by atoms with Gasteiger partial charge in [0.1, 0.15) is 5.75 Å². The number of methoxy groups -OCH3 is 2. The summed E-state index contributed by atoms with van der Waals surface area (Å²) in [6.07, 6.45) is 1.57. The van der Waals surface area contributed by atoms with Crippen LogP contribution in [-0.2, 0) is 4.74 Å². The fourth-order valence-electron chi connectivity index (χ4n) is 3.99. The number of hydrogen-bond acceptors (Lipinski definition) is 9. The molecule has 12 heteroatoms. The summed E-state index contributed by atoms with van der Waals surface area (Å²) < 4.78 is 9.92. The molecule has 0 heterocycles. The largest absolute Gasteiger partial charge is 0.497 e. The summed E-state index contributed by atoms with van der Waals surface area (Å²) in [5, 5.41) is 35.1. The second-order valence-electron chi connectivity index (χ2n) is 7.40. The van der Waals surface area contributed by atoms with E-state index in [1.54, 1.807) is 30.3 Å². The molecule has 0 aromatic heterocycles. The lowest BCUT2D eigenvalue weighted by Crippen LogP contribution is -2.06. The summed E-state index contributed by atoms with van der Waals surface area (Å²) in [4.78, 5) is 45.4. The lowest BCUT2D eigenvalue weighted by molar-refractivity contribution is -0.393. The Morgan fingerprint density at radius 1 is 0.800 bits per heavy atom. The van der Waals surface area contributed by atoms with Crippen LogP contribution in [0.3, 0.4) is 0 Å². The molecule has 0 atom stereocenters.